The number of allylic oxidation sites excluding steroid dienone is 2. The summed E-state index contributed by atoms with van der Waals surface area (Å²) in [6.45, 7) is 10.2. The van der Waals surface area contributed by atoms with E-state index >= 15 is 0 Å². The molecule has 5 heterocycles. The number of H-pyrrole nitrogens is 2. The fourth-order valence-corrected chi connectivity index (χ4v) is 3.86. The van der Waals surface area contributed by atoms with Gasteiger partial charge >= 0.3 is 0 Å². The van der Waals surface area contributed by atoms with Crippen molar-refractivity contribution in [3.05, 3.63) is 82.8 Å². The minimum atomic E-state index is 0.752. The third kappa shape index (κ3) is 3.43. The van der Waals surface area contributed by atoms with E-state index in [9.17, 15) is 0 Å². The molecular weight excluding hydrogens is 398 g/mol. The summed E-state index contributed by atoms with van der Waals surface area (Å²) in [4.78, 5) is 16.7. The number of rotatable bonds is 4. The van der Waals surface area contributed by atoms with Gasteiger partial charge in [-0.25, -0.2) is 9.97 Å². The molecule has 0 saturated carbocycles. The van der Waals surface area contributed by atoms with Crippen molar-refractivity contribution in [2.45, 2.75) is 20.8 Å². The molecule has 5 aromatic heterocycles. The fourth-order valence-electron chi connectivity index (χ4n) is 3.86. The van der Waals surface area contributed by atoms with Crippen LogP contribution in [0.2, 0.25) is 0 Å². The monoisotopic (exact) mass is 421 g/mol. The lowest BCUT2D eigenvalue weighted by Crippen LogP contribution is -2.22. The molecule has 2 N–H and O–H groups in total. The van der Waals surface area contributed by atoms with Gasteiger partial charge in [0.05, 0.1) is 22.3 Å². The molecule has 0 atom stereocenters. The van der Waals surface area contributed by atoms with Gasteiger partial charge < -0.3 is 4.98 Å². The zero-order chi connectivity index (χ0) is 22.2. The first kappa shape index (κ1) is 19.7. The Morgan fingerprint density at radius 3 is 2.78 bits per heavy atom. The summed E-state index contributed by atoms with van der Waals surface area (Å²) >= 11 is 0. The zero-order valence-corrected chi connectivity index (χ0v) is 18.2. The molecule has 0 unspecified atom stereocenters. The molecule has 0 aliphatic rings. The molecule has 0 bridgehead atoms. The molecule has 7 nitrogen and oxygen atoms in total. The number of fused-ring (bicyclic) bond motifs is 1. The first-order valence-electron chi connectivity index (χ1n) is 10.4. The predicted molar refractivity (Wildman–Crippen MR) is 127 cm³/mol. The number of aryl methyl sites for hydroxylation is 2. The summed E-state index contributed by atoms with van der Waals surface area (Å²) in [5.74, 6) is 0.821. The van der Waals surface area contributed by atoms with Gasteiger partial charge in [0, 0.05) is 35.4 Å². The molecule has 0 radical (unpaired) electrons. The highest BCUT2D eigenvalue weighted by atomic mass is 15.1. The van der Waals surface area contributed by atoms with Gasteiger partial charge in [-0.05, 0) is 61.7 Å². The van der Waals surface area contributed by atoms with Crippen molar-refractivity contribution < 1.29 is 0 Å². The van der Waals surface area contributed by atoms with Crippen molar-refractivity contribution >= 4 is 29.1 Å². The minimum Gasteiger partial charge on any atom is -0.353 e. The van der Waals surface area contributed by atoms with Crippen LogP contribution in [0.5, 0.6) is 0 Å². The second kappa shape index (κ2) is 7.77. The molecule has 0 aliphatic heterocycles. The maximum atomic E-state index is 4.57. The Balaban J connectivity index is 1.66. The summed E-state index contributed by atoms with van der Waals surface area (Å²) in [5, 5.41) is 10.3. The summed E-state index contributed by atoms with van der Waals surface area (Å²) < 4.78 is 1.93. The molecule has 32 heavy (non-hydrogen) atoms. The number of pyridine rings is 2. The molecule has 5 rings (SSSR count). The van der Waals surface area contributed by atoms with E-state index in [1.165, 1.54) is 0 Å². The highest BCUT2D eigenvalue weighted by Crippen LogP contribution is 2.25. The summed E-state index contributed by atoms with van der Waals surface area (Å²) in [6, 6.07) is 6.15. The van der Waals surface area contributed by atoms with Crippen LogP contribution in [0, 0.1) is 13.8 Å². The van der Waals surface area contributed by atoms with Crippen LogP contribution in [-0.4, -0.2) is 34.7 Å². The van der Waals surface area contributed by atoms with Crippen LogP contribution < -0.4 is 10.6 Å². The van der Waals surface area contributed by atoms with Crippen LogP contribution in [-0.2, 0) is 0 Å². The zero-order valence-electron chi connectivity index (χ0n) is 18.2. The molecule has 0 saturated heterocycles. The second-order valence-electron chi connectivity index (χ2n) is 7.80. The van der Waals surface area contributed by atoms with Crippen LogP contribution in [0.1, 0.15) is 23.7 Å². The van der Waals surface area contributed by atoms with E-state index in [1.54, 1.807) is 12.5 Å². The van der Waals surface area contributed by atoms with E-state index in [0.717, 1.165) is 61.1 Å². The number of nitrogens with zero attached hydrogens (tertiary/aromatic N) is 5. The highest BCUT2D eigenvalue weighted by molar-refractivity contribution is 5.92. The number of imidazole rings is 1. The van der Waals surface area contributed by atoms with Crippen LogP contribution in [0.25, 0.3) is 46.3 Å². The third-order valence-corrected chi connectivity index (χ3v) is 5.44. The second-order valence-corrected chi connectivity index (χ2v) is 7.80. The van der Waals surface area contributed by atoms with Gasteiger partial charge in [-0.3, -0.25) is 14.6 Å². The average Bonchev–Trinajstić information content (AvgIpc) is 3.50. The van der Waals surface area contributed by atoms with Gasteiger partial charge in [0.1, 0.15) is 17.8 Å². The molecule has 0 fully saturated rings. The lowest BCUT2D eigenvalue weighted by atomic mass is 10.0. The van der Waals surface area contributed by atoms with E-state index < -0.39 is 0 Å². The van der Waals surface area contributed by atoms with Crippen molar-refractivity contribution in [1.82, 2.24) is 34.7 Å². The number of nitrogens with one attached hydrogen (secondary N) is 2. The number of hydrogen-bond donors (Lipinski definition) is 2. The quantitative estimate of drug-likeness (QED) is 0.465. The lowest BCUT2D eigenvalue weighted by molar-refractivity contribution is 1.01. The van der Waals surface area contributed by atoms with E-state index in [0.29, 0.717) is 0 Å². The third-order valence-electron chi connectivity index (χ3n) is 5.44. The highest BCUT2D eigenvalue weighted by Gasteiger charge is 2.13. The maximum absolute atomic E-state index is 4.57. The van der Waals surface area contributed by atoms with Gasteiger partial charge in [-0.2, -0.15) is 5.10 Å². The molecular formula is C25H23N7. The van der Waals surface area contributed by atoms with E-state index in [-0.39, 0.29) is 0 Å². The lowest BCUT2D eigenvalue weighted by Gasteiger charge is -2.02. The fraction of sp³-hybridized carbons (Fsp3) is 0.120. The normalized spacial score (nSPS) is 12.7. The van der Waals surface area contributed by atoms with E-state index in [4.69, 9.17) is 0 Å². The van der Waals surface area contributed by atoms with Crippen LogP contribution >= 0.6 is 0 Å². The first-order chi connectivity index (χ1) is 15.5. The van der Waals surface area contributed by atoms with Crippen molar-refractivity contribution in [2.24, 2.45) is 0 Å². The van der Waals surface area contributed by atoms with Gasteiger partial charge in [-0.15, -0.1) is 0 Å². The predicted octanol–water partition coefficient (Wildman–Crippen LogP) is 3.44. The van der Waals surface area contributed by atoms with Gasteiger partial charge in [0.25, 0.3) is 0 Å². The number of aromatic amines is 2. The first-order valence-corrected chi connectivity index (χ1v) is 10.4. The van der Waals surface area contributed by atoms with Crippen molar-refractivity contribution in [3.8, 4) is 17.2 Å². The Hall–Kier alpha value is -4.26. The summed E-state index contributed by atoms with van der Waals surface area (Å²) in [7, 11) is 0. The number of hydrogen-bond acceptors (Lipinski definition) is 4. The molecule has 0 spiro atoms. The smallest absolute Gasteiger partial charge is 0.147 e. The largest absolute Gasteiger partial charge is 0.353 e. The van der Waals surface area contributed by atoms with Crippen LogP contribution in [0.15, 0.2) is 55.4 Å². The average molecular weight is 422 g/mol. The van der Waals surface area contributed by atoms with Crippen LogP contribution in [0.4, 0.5) is 0 Å². The summed E-state index contributed by atoms with van der Waals surface area (Å²) in [5.41, 5.74) is 6.84. The minimum absolute atomic E-state index is 0.752. The molecule has 7 heteroatoms. The standard InChI is InChI=1S/C25H23N7/c1-5-18(19-8-15(2)11-26-12-19)9-20-17(4)30-31-24(20)23-10-21-22(29-23)6-7-27-25(21)32-13-16(3)28-14-32/h5-14,29-30H,4H2,1-3H3/b18-5+,20-9+. The Bertz CT molecular complexity index is 1580. The van der Waals surface area contributed by atoms with Crippen molar-refractivity contribution in [2.75, 3.05) is 0 Å². The van der Waals surface area contributed by atoms with Crippen molar-refractivity contribution in [1.29, 1.82) is 0 Å². The Labute approximate surface area is 184 Å². The SMILES string of the molecule is C=c1[nH]nc(-c2cc3c(-n4cnc(C)c4)nccc3[nH]2)/c1=C/C(=C\C)c1cncc(C)c1. The molecule has 5 aromatic rings. The van der Waals surface area contributed by atoms with E-state index in [1.807, 2.05) is 50.0 Å². The Kier molecular flexibility index (Phi) is 4.78. The molecule has 158 valence electrons. The van der Waals surface area contributed by atoms with Gasteiger partial charge in [0.2, 0.25) is 0 Å². The van der Waals surface area contributed by atoms with Gasteiger partial charge in [0.15, 0.2) is 0 Å². The molecule has 0 aromatic carbocycles. The van der Waals surface area contributed by atoms with Crippen LogP contribution in [0.3, 0.4) is 0 Å². The Morgan fingerprint density at radius 1 is 1.16 bits per heavy atom. The van der Waals surface area contributed by atoms with Gasteiger partial charge in [-0.1, -0.05) is 12.7 Å². The summed E-state index contributed by atoms with van der Waals surface area (Å²) in [6.07, 6.45) is 13.4. The van der Waals surface area contributed by atoms with E-state index in [2.05, 4.69) is 61.0 Å². The maximum Gasteiger partial charge on any atom is 0.147 e. The Morgan fingerprint density at radius 2 is 2.03 bits per heavy atom. The number of aromatic nitrogens is 7. The molecule has 0 amide bonds. The van der Waals surface area contributed by atoms with Crippen molar-refractivity contribution in [3.63, 3.8) is 0 Å². The molecule has 0 aliphatic carbocycles. The topological polar surface area (TPSA) is 88.1 Å².